The summed E-state index contributed by atoms with van der Waals surface area (Å²) in [5.41, 5.74) is 3.58. The van der Waals surface area contributed by atoms with E-state index in [1.54, 1.807) is 31.2 Å². The fourth-order valence-corrected chi connectivity index (χ4v) is 2.23. The number of carbonyl (C=O) groups excluding carboxylic acids is 3. The van der Waals surface area contributed by atoms with Crippen molar-refractivity contribution in [3.8, 4) is 0 Å². The summed E-state index contributed by atoms with van der Waals surface area (Å²) in [6.45, 7) is 5.46. The highest BCUT2D eigenvalue weighted by atomic mass is 16.2. The van der Waals surface area contributed by atoms with E-state index < -0.39 is 0 Å². The Morgan fingerprint density at radius 1 is 0.923 bits per heavy atom. The van der Waals surface area contributed by atoms with E-state index in [4.69, 9.17) is 0 Å². The number of carbonyl (C=O) groups is 3. The Kier molecular flexibility index (Phi) is 6.44. The number of aryl methyl sites for hydroxylation is 1. The standard InChI is InChI=1S/C21H22N2O3/c1-14-4-6-17(7-5-14)13-22-20(25)12-15(2)21(26)23-19-10-8-18(9-11-19)16(3)24/h4-12H,13H2,1-3H3,(H,22,25)(H,23,26)/b15-12-. The maximum absolute atomic E-state index is 12.2. The van der Waals surface area contributed by atoms with Gasteiger partial charge >= 0.3 is 0 Å². The highest BCUT2D eigenvalue weighted by molar-refractivity contribution is 6.07. The zero-order valence-electron chi connectivity index (χ0n) is 15.1. The number of rotatable bonds is 6. The summed E-state index contributed by atoms with van der Waals surface area (Å²) < 4.78 is 0. The number of hydrogen-bond donors (Lipinski definition) is 2. The second-order valence-corrected chi connectivity index (χ2v) is 6.12. The lowest BCUT2D eigenvalue weighted by atomic mass is 10.1. The smallest absolute Gasteiger partial charge is 0.251 e. The molecular weight excluding hydrogens is 328 g/mol. The minimum absolute atomic E-state index is 0.0378. The number of benzene rings is 2. The fraction of sp³-hybridized carbons (Fsp3) is 0.190. The van der Waals surface area contributed by atoms with Gasteiger partial charge in [-0.3, -0.25) is 14.4 Å². The maximum atomic E-state index is 12.2. The van der Waals surface area contributed by atoms with E-state index in [0.717, 1.165) is 11.1 Å². The van der Waals surface area contributed by atoms with Gasteiger partial charge in [-0.15, -0.1) is 0 Å². The molecule has 2 aromatic rings. The van der Waals surface area contributed by atoms with E-state index in [0.29, 0.717) is 23.4 Å². The van der Waals surface area contributed by atoms with Crippen LogP contribution in [0.2, 0.25) is 0 Å². The molecule has 0 atom stereocenters. The zero-order chi connectivity index (χ0) is 19.1. The van der Waals surface area contributed by atoms with Crippen molar-refractivity contribution in [2.24, 2.45) is 0 Å². The molecule has 0 aliphatic rings. The maximum Gasteiger partial charge on any atom is 0.251 e. The van der Waals surface area contributed by atoms with Gasteiger partial charge in [-0.25, -0.2) is 0 Å². The monoisotopic (exact) mass is 350 g/mol. The van der Waals surface area contributed by atoms with Crippen molar-refractivity contribution >= 4 is 23.3 Å². The van der Waals surface area contributed by atoms with Gasteiger partial charge in [0.2, 0.25) is 5.91 Å². The number of hydrogen-bond acceptors (Lipinski definition) is 3. The van der Waals surface area contributed by atoms with Crippen molar-refractivity contribution in [3.63, 3.8) is 0 Å². The number of nitrogens with one attached hydrogen (secondary N) is 2. The largest absolute Gasteiger partial charge is 0.348 e. The molecule has 0 saturated carbocycles. The molecule has 2 rings (SSSR count). The van der Waals surface area contributed by atoms with E-state index in [9.17, 15) is 14.4 Å². The second kappa shape index (κ2) is 8.76. The van der Waals surface area contributed by atoms with E-state index in [2.05, 4.69) is 10.6 Å². The highest BCUT2D eigenvalue weighted by Crippen LogP contribution is 2.11. The van der Waals surface area contributed by atoms with Crippen LogP contribution >= 0.6 is 0 Å². The van der Waals surface area contributed by atoms with Gasteiger partial charge in [0.25, 0.3) is 5.91 Å². The van der Waals surface area contributed by atoms with Gasteiger partial charge in [0, 0.05) is 29.4 Å². The molecule has 0 saturated heterocycles. The molecule has 0 unspecified atom stereocenters. The fourth-order valence-electron chi connectivity index (χ4n) is 2.23. The van der Waals surface area contributed by atoms with Crippen LogP contribution in [0.15, 0.2) is 60.2 Å². The summed E-state index contributed by atoms with van der Waals surface area (Å²) in [5, 5.41) is 5.45. The molecule has 0 aromatic heterocycles. The van der Waals surface area contributed by atoms with Crippen LogP contribution < -0.4 is 10.6 Å². The Labute approximate surface area is 153 Å². The molecule has 0 bridgehead atoms. The van der Waals surface area contributed by atoms with Crippen LogP contribution in [0.5, 0.6) is 0 Å². The lowest BCUT2D eigenvalue weighted by molar-refractivity contribution is -0.117. The van der Waals surface area contributed by atoms with E-state index in [1.807, 2.05) is 31.2 Å². The minimum Gasteiger partial charge on any atom is -0.348 e. The molecule has 0 heterocycles. The molecule has 5 heteroatoms. The van der Waals surface area contributed by atoms with Gasteiger partial charge in [-0.1, -0.05) is 29.8 Å². The summed E-state index contributed by atoms with van der Waals surface area (Å²) in [6.07, 6.45) is 1.27. The summed E-state index contributed by atoms with van der Waals surface area (Å²) in [4.78, 5) is 35.4. The summed E-state index contributed by atoms with van der Waals surface area (Å²) in [6, 6.07) is 14.4. The molecule has 134 valence electrons. The molecule has 0 aliphatic heterocycles. The predicted octanol–water partition coefficient (Wildman–Crippen LogP) is 3.40. The first kappa shape index (κ1) is 19.1. The highest BCUT2D eigenvalue weighted by Gasteiger charge is 2.08. The molecule has 2 amide bonds. The van der Waals surface area contributed by atoms with Crippen LogP contribution in [0.4, 0.5) is 5.69 Å². The summed E-state index contributed by atoms with van der Waals surface area (Å²) in [7, 11) is 0. The van der Waals surface area contributed by atoms with Gasteiger partial charge in [0.1, 0.15) is 0 Å². The molecule has 2 N–H and O–H groups in total. The van der Waals surface area contributed by atoms with Crippen molar-refractivity contribution < 1.29 is 14.4 Å². The minimum atomic E-state index is -0.369. The number of ketones is 1. The summed E-state index contributed by atoms with van der Waals surface area (Å²) >= 11 is 0. The van der Waals surface area contributed by atoms with Crippen LogP contribution in [0.3, 0.4) is 0 Å². The zero-order valence-corrected chi connectivity index (χ0v) is 15.1. The van der Waals surface area contributed by atoms with Gasteiger partial charge in [0.05, 0.1) is 0 Å². The molecule has 0 spiro atoms. The van der Waals surface area contributed by atoms with E-state index in [1.165, 1.54) is 13.0 Å². The average molecular weight is 350 g/mol. The molecule has 0 radical (unpaired) electrons. The molecule has 0 aliphatic carbocycles. The Morgan fingerprint density at radius 2 is 1.54 bits per heavy atom. The Hall–Kier alpha value is -3.21. The molecule has 0 fully saturated rings. The lowest BCUT2D eigenvalue weighted by Gasteiger charge is -2.07. The topological polar surface area (TPSA) is 75.3 Å². The van der Waals surface area contributed by atoms with E-state index >= 15 is 0 Å². The van der Waals surface area contributed by atoms with Gasteiger partial charge < -0.3 is 10.6 Å². The van der Waals surface area contributed by atoms with Crippen molar-refractivity contribution in [2.75, 3.05) is 5.32 Å². The molecule has 26 heavy (non-hydrogen) atoms. The van der Waals surface area contributed by atoms with Crippen LogP contribution in [-0.4, -0.2) is 17.6 Å². The van der Waals surface area contributed by atoms with Crippen molar-refractivity contribution in [2.45, 2.75) is 27.3 Å². The Balaban J connectivity index is 1.90. The first-order valence-electron chi connectivity index (χ1n) is 8.29. The third-order valence-corrected chi connectivity index (χ3v) is 3.84. The van der Waals surface area contributed by atoms with Crippen LogP contribution in [0, 0.1) is 6.92 Å². The molecule has 5 nitrogen and oxygen atoms in total. The second-order valence-electron chi connectivity index (χ2n) is 6.12. The number of amides is 2. The number of anilines is 1. The van der Waals surface area contributed by atoms with Crippen LogP contribution in [0.25, 0.3) is 0 Å². The Bertz CT molecular complexity index is 835. The lowest BCUT2D eigenvalue weighted by Crippen LogP contribution is -2.22. The first-order valence-corrected chi connectivity index (χ1v) is 8.29. The normalized spacial score (nSPS) is 11.0. The van der Waals surface area contributed by atoms with Crippen molar-refractivity contribution in [1.29, 1.82) is 0 Å². The van der Waals surface area contributed by atoms with Crippen molar-refractivity contribution in [3.05, 3.63) is 76.9 Å². The summed E-state index contributed by atoms with van der Waals surface area (Å²) in [5.74, 6) is -0.736. The van der Waals surface area contributed by atoms with Gasteiger partial charge in [-0.2, -0.15) is 0 Å². The third kappa shape index (κ3) is 5.70. The van der Waals surface area contributed by atoms with Crippen LogP contribution in [0.1, 0.15) is 35.3 Å². The molecule has 2 aromatic carbocycles. The van der Waals surface area contributed by atoms with E-state index in [-0.39, 0.29) is 17.6 Å². The molecular formula is C21H22N2O3. The van der Waals surface area contributed by atoms with Gasteiger partial charge in [0.15, 0.2) is 5.78 Å². The quantitative estimate of drug-likeness (QED) is 0.619. The van der Waals surface area contributed by atoms with Crippen LogP contribution in [-0.2, 0) is 16.1 Å². The Morgan fingerprint density at radius 3 is 2.12 bits per heavy atom. The number of Topliss-reactive ketones (excluding diaryl/α,β-unsaturated/α-hetero) is 1. The first-order chi connectivity index (χ1) is 12.3. The third-order valence-electron chi connectivity index (χ3n) is 3.84. The SMILES string of the molecule is CC(=O)c1ccc(NC(=O)/C(C)=C\C(=O)NCc2ccc(C)cc2)cc1. The van der Waals surface area contributed by atoms with Gasteiger partial charge in [-0.05, 0) is 50.6 Å². The van der Waals surface area contributed by atoms with Crippen molar-refractivity contribution in [1.82, 2.24) is 5.32 Å². The average Bonchev–Trinajstić information content (AvgIpc) is 2.61. The predicted molar refractivity (Wildman–Crippen MR) is 102 cm³/mol.